The van der Waals surface area contributed by atoms with Crippen molar-refractivity contribution in [1.29, 1.82) is 0 Å². The van der Waals surface area contributed by atoms with Crippen molar-refractivity contribution in [2.45, 2.75) is 52.1 Å². The zero-order valence-corrected chi connectivity index (χ0v) is 17.8. The van der Waals surface area contributed by atoms with Gasteiger partial charge in [-0.25, -0.2) is 4.39 Å². The van der Waals surface area contributed by atoms with Crippen LogP contribution in [0.3, 0.4) is 0 Å². The second-order valence-corrected chi connectivity index (χ2v) is 8.61. The lowest BCUT2D eigenvalue weighted by Crippen LogP contribution is -2.59. The number of hydrogen-bond donors (Lipinski definition) is 0. The Balaban J connectivity index is 2.06. The summed E-state index contributed by atoms with van der Waals surface area (Å²) in [7, 11) is 4.20. The van der Waals surface area contributed by atoms with Crippen molar-refractivity contribution >= 4 is 5.91 Å². The molecule has 1 amide bonds. The van der Waals surface area contributed by atoms with Crippen molar-refractivity contribution in [3.05, 3.63) is 35.6 Å². The third-order valence-corrected chi connectivity index (χ3v) is 5.60. The van der Waals surface area contributed by atoms with Gasteiger partial charge in [-0.1, -0.05) is 26.0 Å². The molecule has 3 atom stereocenters. The number of nitrogens with zero attached hydrogens (tertiary/aromatic N) is 3. The van der Waals surface area contributed by atoms with Gasteiger partial charge in [-0.05, 0) is 64.5 Å². The highest BCUT2D eigenvalue weighted by Gasteiger charge is 2.35. The lowest BCUT2D eigenvalue weighted by atomic mass is 9.86. The number of carbonyl (C=O) groups excluding carboxylic acids is 1. The Labute approximate surface area is 164 Å². The standard InChI is InChI=1S/C22H36FN3O/c1-16(2)21(19-8-10-20(23)11-9-19)22(27)25-14-17(3)26(18(4)15-25)13-7-12-24(5)6/h8-11,16-18,21H,7,12-15H2,1-6H3. The quantitative estimate of drug-likeness (QED) is 0.728. The molecule has 0 radical (unpaired) electrons. The van der Waals surface area contributed by atoms with E-state index in [4.69, 9.17) is 0 Å². The summed E-state index contributed by atoms with van der Waals surface area (Å²) >= 11 is 0. The van der Waals surface area contributed by atoms with Gasteiger partial charge in [-0.3, -0.25) is 9.69 Å². The molecule has 1 aromatic carbocycles. The molecular weight excluding hydrogens is 341 g/mol. The Hall–Kier alpha value is -1.46. The van der Waals surface area contributed by atoms with Gasteiger partial charge < -0.3 is 9.80 Å². The first kappa shape index (κ1) is 21.8. The first-order valence-electron chi connectivity index (χ1n) is 10.2. The summed E-state index contributed by atoms with van der Waals surface area (Å²) < 4.78 is 13.3. The van der Waals surface area contributed by atoms with E-state index in [2.05, 4.69) is 51.6 Å². The molecule has 0 spiro atoms. The number of rotatable bonds is 7. The summed E-state index contributed by atoms with van der Waals surface area (Å²) in [4.78, 5) is 20.1. The van der Waals surface area contributed by atoms with Crippen molar-refractivity contribution < 1.29 is 9.18 Å². The summed E-state index contributed by atoms with van der Waals surface area (Å²) in [5.74, 6) is -0.137. The van der Waals surface area contributed by atoms with Crippen LogP contribution >= 0.6 is 0 Å². The summed E-state index contributed by atoms with van der Waals surface area (Å²) in [5.41, 5.74) is 0.908. The summed E-state index contributed by atoms with van der Waals surface area (Å²) in [5, 5.41) is 0. The first-order chi connectivity index (χ1) is 12.7. The Morgan fingerprint density at radius 1 is 1.15 bits per heavy atom. The van der Waals surface area contributed by atoms with Gasteiger partial charge in [0.25, 0.3) is 0 Å². The fraction of sp³-hybridized carbons (Fsp3) is 0.682. The highest BCUT2D eigenvalue weighted by molar-refractivity contribution is 5.84. The number of halogens is 1. The molecule has 4 nitrogen and oxygen atoms in total. The molecule has 1 saturated heterocycles. The zero-order chi connectivity index (χ0) is 20.1. The average Bonchev–Trinajstić information content (AvgIpc) is 2.58. The fourth-order valence-electron chi connectivity index (χ4n) is 4.23. The van der Waals surface area contributed by atoms with E-state index in [1.54, 1.807) is 12.1 Å². The van der Waals surface area contributed by atoms with Crippen molar-refractivity contribution in [2.75, 3.05) is 40.3 Å². The molecule has 0 aromatic heterocycles. The summed E-state index contributed by atoms with van der Waals surface area (Å²) in [6.07, 6.45) is 1.14. The number of carbonyl (C=O) groups is 1. The Kier molecular flexibility index (Phi) is 7.80. The van der Waals surface area contributed by atoms with Gasteiger partial charge in [-0.15, -0.1) is 0 Å². The van der Waals surface area contributed by atoms with Gasteiger partial charge in [-0.2, -0.15) is 0 Å². The molecule has 0 N–H and O–H groups in total. The lowest BCUT2D eigenvalue weighted by molar-refractivity contribution is -0.138. The van der Waals surface area contributed by atoms with E-state index in [1.807, 2.05) is 4.90 Å². The Morgan fingerprint density at radius 2 is 1.70 bits per heavy atom. The van der Waals surface area contributed by atoms with Crippen LogP contribution in [0.15, 0.2) is 24.3 Å². The van der Waals surface area contributed by atoms with Crippen molar-refractivity contribution in [3.8, 4) is 0 Å². The number of piperazine rings is 1. The maximum absolute atomic E-state index is 13.3. The van der Waals surface area contributed by atoms with Crippen LogP contribution in [0.4, 0.5) is 4.39 Å². The minimum absolute atomic E-state index is 0.170. The number of benzene rings is 1. The highest BCUT2D eigenvalue weighted by atomic mass is 19.1. The van der Waals surface area contributed by atoms with Crippen molar-refractivity contribution in [2.24, 2.45) is 5.92 Å². The van der Waals surface area contributed by atoms with Crippen molar-refractivity contribution in [3.63, 3.8) is 0 Å². The van der Waals surface area contributed by atoms with Crippen LogP contribution < -0.4 is 0 Å². The second kappa shape index (κ2) is 9.65. The largest absolute Gasteiger partial charge is 0.339 e. The number of hydrogen-bond acceptors (Lipinski definition) is 3. The lowest BCUT2D eigenvalue weighted by Gasteiger charge is -2.45. The molecule has 0 aliphatic carbocycles. The van der Waals surface area contributed by atoms with E-state index < -0.39 is 0 Å². The highest BCUT2D eigenvalue weighted by Crippen LogP contribution is 2.29. The molecule has 5 heteroatoms. The third-order valence-electron chi connectivity index (χ3n) is 5.60. The fourth-order valence-corrected chi connectivity index (χ4v) is 4.23. The molecule has 1 aliphatic rings. The Bertz CT molecular complexity index is 590. The molecule has 1 aromatic rings. The first-order valence-corrected chi connectivity index (χ1v) is 10.2. The normalized spacial score (nSPS) is 22.5. The molecule has 1 heterocycles. The van der Waals surface area contributed by atoms with Gasteiger partial charge in [0.2, 0.25) is 5.91 Å². The van der Waals surface area contributed by atoms with Crippen LogP contribution in [-0.2, 0) is 4.79 Å². The second-order valence-electron chi connectivity index (χ2n) is 8.61. The predicted octanol–water partition coefficient (Wildman–Crippen LogP) is 3.44. The van der Waals surface area contributed by atoms with E-state index in [9.17, 15) is 9.18 Å². The van der Waals surface area contributed by atoms with E-state index >= 15 is 0 Å². The molecule has 152 valence electrons. The smallest absolute Gasteiger partial charge is 0.230 e. The predicted molar refractivity (Wildman–Crippen MR) is 109 cm³/mol. The third kappa shape index (κ3) is 5.76. The minimum atomic E-state index is -0.262. The van der Waals surface area contributed by atoms with E-state index in [0.717, 1.165) is 38.2 Å². The molecule has 3 unspecified atom stereocenters. The average molecular weight is 378 g/mol. The number of amides is 1. The van der Waals surface area contributed by atoms with Crippen LogP contribution in [0.25, 0.3) is 0 Å². The van der Waals surface area contributed by atoms with E-state index in [0.29, 0.717) is 12.1 Å². The van der Waals surface area contributed by atoms with Crippen LogP contribution in [0.5, 0.6) is 0 Å². The van der Waals surface area contributed by atoms with Crippen LogP contribution in [0, 0.1) is 11.7 Å². The summed E-state index contributed by atoms with van der Waals surface area (Å²) in [6, 6.07) is 7.10. The maximum Gasteiger partial charge on any atom is 0.230 e. The van der Waals surface area contributed by atoms with Crippen molar-refractivity contribution in [1.82, 2.24) is 14.7 Å². The Morgan fingerprint density at radius 3 is 2.19 bits per heavy atom. The molecule has 27 heavy (non-hydrogen) atoms. The maximum atomic E-state index is 13.3. The topological polar surface area (TPSA) is 26.8 Å². The van der Waals surface area contributed by atoms with Gasteiger partial charge in [0.15, 0.2) is 0 Å². The minimum Gasteiger partial charge on any atom is -0.339 e. The van der Waals surface area contributed by atoms with E-state index in [-0.39, 0.29) is 23.6 Å². The molecule has 1 fully saturated rings. The molecular formula is C22H36FN3O. The summed E-state index contributed by atoms with van der Waals surface area (Å²) in [6.45, 7) is 12.2. The van der Waals surface area contributed by atoms with Gasteiger partial charge >= 0.3 is 0 Å². The molecule has 2 rings (SSSR count). The molecule has 0 bridgehead atoms. The SMILES string of the molecule is CC(C)C(C(=O)N1CC(C)N(CCCN(C)C)C(C)C1)c1ccc(F)cc1. The van der Waals surface area contributed by atoms with Gasteiger partial charge in [0.05, 0.1) is 5.92 Å². The van der Waals surface area contributed by atoms with E-state index in [1.165, 1.54) is 12.1 Å². The van der Waals surface area contributed by atoms with Crippen LogP contribution in [0.1, 0.15) is 45.6 Å². The van der Waals surface area contributed by atoms with Gasteiger partial charge in [0.1, 0.15) is 5.82 Å². The molecule has 1 aliphatic heterocycles. The molecule has 0 saturated carbocycles. The monoisotopic (exact) mass is 377 g/mol. The van der Waals surface area contributed by atoms with Crippen LogP contribution in [0.2, 0.25) is 0 Å². The van der Waals surface area contributed by atoms with Gasteiger partial charge in [0, 0.05) is 31.7 Å². The zero-order valence-electron chi connectivity index (χ0n) is 17.8. The van der Waals surface area contributed by atoms with Crippen LogP contribution in [-0.4, -0.2) is 73.0 Å².